The van der Waals surface area contributed by atoms with Gasteiger partial charge in [-0.1, -0.05) is 22.4 Å². The van der Waals surface area contributed by atoms with Crippen LogP contribution in [-0.2, 0) is 16.1 Å². The number of aromatic nitrogens is 1. The van der Waals surface area contributed by atoms with E-state index in [9.17, 15) is 14.4 Å². The van der Waals surface area contributed by atoms with Gasteiger partial charge in [-0.25, -0.2) is 0 Å². The summed E-state index contributed by atoms with van der Waals surface area (Å²) in [4.78, 5) is 43.4. The molecule has 46 heavy (non-hydrogen) atoms. The molecular weight excluding hydrogens is 747 g/mol. The van der Waals surface area contributed by atoms with Crippen LogP contribution in [0.25, 0.3) is 14.4 Å². The molecule has 1 saturated heterocycles. The van der Waals surface area contributed by atoms with Crippen LogP contribution in [0.1, 0.15) is 109 Å². The first-order valence-electron chi connectivity index (χ1n) is 17.7. The monoisotopic (exact) mass is 798 g/mol. The molecule has 0 unspecified atom stereocenters. The number of benzene rings is 1. The van der Waals surface area contributed by atoms with Crippen molar-refractivity contribution < 1.29 is 9.59 Å². The first-order chi connectivity index (χ1) is 22.4. The number of pyridine rings is 1. The number of aliphatic imine (C=N–C) groups is 1. The summed E-state index contributed by atoms with van der Waals surface area (Å²) in [5, 5.41) is 9.73. The Bertz CT molecular complexity index is 1480. The molecule has 2 N–H and O–H groups in total. The molecule has 2 aromatic rings. The Balaban J connectivity index is 1.18. The van der Waals surface area contributed by atoms with Crippen molar-refractivity contribution in [1.82, 2.24) is 15.2 Å². The van der Waals surface area contributed by atoms with Crippen molar-refractivity contribution in [3.63, 3.8) is 0 Å². The standard InChI is InChI=1S/C37H51BrN4O3.Sn/c1-2-32(43)13-9-7-8-12-31(41-35(44)34-27-37(34)18-22-39-23-19-37)28-40-21-16-29-14-15-33-30(26-29)17-25-42(36(33)45)24-11-6-4-3-5-10-20-38;/h14-15,17,21,25-26,31,34,39H,2-13,18-20,22-24,27H2,1H3,(H,41,44);/t31-,34+;/m0./s1. The van der Waals surface area contributed by atoms with E-state index in [2.05, 4.69) is 44.8 Å². The Kier molecular flexibility index (Phi) is 13.6. The number of unbranched alkanes of at least 4 members (excludes halogenated alkanes) is 7. The van der Waals surface area contributed by atoms with Crippen molar-refractivity contribution in [3.8, 4) is 0 Å². The van der Waals surface area contributed by atoms with Crippen LogP contribution in [0.2, 0.25) is 0 Å². The van der Waals surface area contributed by atoms with Gasteiger partial charge in [-0.3, -0.25) is 0 Å². The van der Waals surface area contributed by atoms with Crippen LogP contribution in [0.15, 0.2) is 46.4 Å². The van der Waals surface area contributed by atoms with Crippen molar-refractivity contribution in [3.05, 3.63) is 52.6 Å². The van der Waals surface area contributed by atoms with Crippen molar-refractivity contribution in [1.29, 1.82) is 0 Å². The summed E-state index contributed by atoms with van der Waals surface area (Å²) >= 11 is 2.28. The van der Waals surface area contributed by atoms with Gasteiger partial charge in [0.2, 0.25) is 0 Å². The van der Waals surface area contributed by atoms with Crippen LogP contribution in [0, 0.1) is 11.3 Å². The molecule has 1 amide bonds. The zero-order valence-electron chi connectivity index (χ0n) is 27.6. The predicted octanol–water partition coefficient (Wildman–Crippen LogP) is 6.96. The second-order valence-electron chi connectivity index (χ2n) is 13.5. The number of hydrogen-bond donors (Lipinski definition) is 2. The van der Waals surface area contributed by atoms with Gasteiger partial charge in [-0.2, -0.15) is 0 Å². The Labute approximate surface area is 293 Å². The zero-order valence-corrected chi connectivity index (χ0v) is 32.0. The van der Waals surface area contributed by atoms with Crippen molar-refractivity contribution in [2.24, 2.45) is 16.3 Å². The molecule has 1 saturated carbocycles. The number of carbonyl (C=O) groups is 2. The van der Waals surface area contributed by atoms with E-state index in [1.807, 2.05) is 30.0 Å². The molecule has 1 aromatic heterocycles. The van der Waals surface area contributed by atoms with E-state index in [4.69, 9.17) is 4.99 Å². The SMILES string of the molecule is CCC(=O)CCCCC[C@H](NC(=O)[C@H]1CC12CCNCC2)[C]1=NC=[C](c2ccc3c(=O)n(CCCCCCCCBr)ccc3c2)[Sn]1. The molecule has 5 rings (SSSR count). The number of carbonyl (C=O) groups excluding carboxylic acids is 2. The summed E-state index contributed by atoms with van der Waals surface area (Å²) in [6, 6.07) is 8.29. The first-order valence-corrected chi connectivity index (χ1v) is 21.7. The molecule has 3 aliphatic rings. The number of alkyl halides is 1. The number of Topliss-reactive ketones (excluding diaryl/α,β-unsaturated/α-hetero) is 1. The third-order valence-corrected chi connectivity index (χ3v) is 14.9. The molecule has 248 valence electrons. The molecule has 9 heteroatoms. The summed E-state index contributed by atoms with van der Waals surface area (Å²) in [6.45, 7) is 4.72. The maximum atomic E-state index is 13.5. The van der Waals surface area contributed by atoms with Crippen LogP contribution >= 0.6 is 15.9 Å². The van der Waals surface area contributed by atoms with Gasteiger partial charge in [0.15, 0.2) is 0 Å². The van der Waals surface area contributed by atoms with E-state index < -0.39 is 21.1 Å². The predicted molar refractivity (Wildman–Crippen MR) is 194 cm³/mol. The number of nitrogens with one attached hydrogen (secondary N) is 2. The van der Waals surface area contributed by atoms with Gasteiger partial charge in [-0.15, -0.1) is 0 Å². The van der Waals surface area contributed by atoms with Crippen LogP contribution in [0.3, 0.4) is 0 Å². The summed E-state index contributed by atoms with van der Waals surface area (Å²) in [5.74, 6) is 0.670. The molecule has 0 bridgehead atoms. The van der Waals surface area contributed by atoms with Crippen molar-refractivity contribution >= 4 is 66.9 Å². The van der Waals surface area contributed by atoms with Gasteiger partial charge in [0.05, 0.1) is 0 Å². The topological polar surface area (TPSA) is 92.6 Å². The van der Waals surface area contributed by atoms with Crippen molar-refractivity contribution in [2.45, 2.75) is 116 Å². The Morgan fingerprint density at radius 2 is 1.83 bits per heavy atom. The Morgan fingerprint density at radius 1 is 1.07 bits per heavy atom. The number of halogens is 1. The van der Waals surface area contributed by atoms with Crippen LogP contribution < -0.4 is 16.2 Å². The van der Waals surface area contributed by atoms with Gasteiger partial charge >= 0.3 is 261 Å². The first kappa shape index (κ1) is 35.5. The van der Waals surface area contributed by atoms with Crippen LogP contribution in [0.5, 0.6) is 0 Å². The number of amides is 1. The number of nitrogens with zero attached hydrogens (tertiary/aromatic N) is 2. The van der Waals surface area contributed by atoms with E-state index in [1.54, 1.807) is 0 Å². The molecule has 1 spiro atoms. The van der Waals surface area contributed by atoms with E-state index in [-0.39, 0.29) is 28.8 Å². The molecule has 7 nitrogen and oxygen atoms in total. The van der Waals surface area contributed by atoms with Crippen LogP contribution in [0.4, 0.5) is 0 Å². The molecule has 2 fully saturated rings. The quantitative estimate of drug-likeness (QED) is 0.0915. The van der Waals surface area contributed by atoms with E-state index in [0.29, 0.717) is 18.6 Å². The third kappa shape index (κ3) is 9.43. The minimum absolute atomic E-state index is 0.0221. The summed E-state index contributed by atoms with van der Waals surface area (Å²) < 4.78 is 4.34. The molecule has 1 aliphatic carbocycles. The average Bonchev–Trinajstić information content (AvgIpc) is 3.52. The van der Waals surface area contributed by atoms with Gasteiger partial charge in [0, 0.05) is 5.33 Å². The molecular formula is C37H51BrN4O3Sn. The maximum absolute atomic E-state index is 13.5. The van der Waals surface area contributed by atoms with E-state index >= 15 is 0 Å². The van der Waals surface area contributed by atoms with E-state index in [0.717, 1.165) is 99.1 Å². The normalized spacial score (nSPS) is 19.2. The van der Waals surface area contributed by atoms with Gasteiger partial charge < -0.3 is 0 Å². The molecule has 2 radical (unpaired) electrons. The molecule has 2 aliphatic heterocycles. The molecule has 2 atom stereocenters. The number of fused-ring (bicyclic) bond motifs is 1. The fourth-order valence-corrected chi connectivity index (χ4v) is 11.0. The number of hydrogen-bond acceptors (Lipinski definition) is 5. The van der Waals surface area contributed by atoms with Gasteiger partial charge in [0.25, 0.3) is 0 Å². The number of ketones is 1. The second kappa shape index (κ2) is 17.6. The summed E-state index contributed by atoms with van der Waals surface area (Å²) in [7, 11) is 0. The van der Waals surface area contributed by atoms with E-state index in [1.165, 1.54) is 33.0 Å². The Morgan fingerprint density at radius 3 is 2.61 bits per heavy atom. The third-order valence-electron chi connectivity index (χ3n) is 10.3. The van der Waals surface area contributed by atoms with Crippen molar-refractivity contribution in [2.75, 3.05) is 18.4 Å². The number of piperidine rings is 1. The Hall–Kier alpha value is -1.78. The second-order valence-corrected chi connectivity index (χ2v) is 18.0. The molecule has 1 aromatic carbocycles. The van der Waals surface area contributed by atoms with Gasteiger partial charge in [-0.05, 0) is 6.42 Å². The summed E-state index contributed by atoms with van der Waals surface area (Å²) in [6.07, 6.45) is 19.4. The minimum atomic E-state index is -1.22. The number of rotatable bonds is 19. The average molecular weight is 798 g/mol. The zero-order chi connectivity index (χ0) is 32.4. The summed E-state index contributed by atoms with van der Waals surface area (Å²) in [5.41, 5.74) is 1.45. The van der Waals surface area contributed by atoms with Crippen LogP contribution in [-0.4, -0.2) is 65.6 Å². The van der Waals surface area contributed by atoms with Gasteiger partial charge in [0.1, 0.15) is 0 Å². The molecule has 3 heterocycles. The fraction of sp³-hybridized carbons (Fsp3) is 0.622. The number of aryl methyl sites for hydroxylation is 1. The fourth-order valence-electron chi connectivity index (χ4n) is 7.15.